The van der Waals surface area contributed by atoms with Crippen molar-refractivity contribution in [2.24, 2.45) is 5.10 Å². The number of hydrogen-bond acceptors (Lipinski definition) is 5. The molecule has 5 nitrogen and oxygen atoms in total. The first kappa shape index (κ1) is 15.6. The molecule has 130 valence electrons. The summed E-state index contributed by atoms with van der Waals surface area (Å²) in [5.41, 5.74) is 3.10. The molecule has 3 aromatic rings. The third-order valence-corrected chi connectivity index (χ3v) is 5.26. The third-order valence-electron chi connectivity index (χ3n) is 4.77. The highest BCUT2D eigenvalue weighted by Gasteiger charge is 2.41. The first-order chi connectivity index (χ1) is 12.7. The van der Waals surface area contributed by atoms with Crippen LogP contribution in [-0.2, 0) is 0 Å². The topological polar surface area (TPSA) is 50.9 Å². The van der Waals surface area contributed by atoms with Gasteiger partial charge in [-0.1, -0.05) is 15.9 Å². The number of benzene rings is 1. The van der Waals surface area contributed by atoms with Gasteiger partial charge in [0.25, 0.3) is 0 Å². The third kappa shape index (κ3) is 2.52. The van der Waals surface area contributed by atoms with Gasteiger partial charge in [-0.3, -0.25) is 4.98 Å². The number of aromatic nitrogens is 1. The lowest BCUT2D eigenvalue weighted by molar-refractivity contribution is -0.0191. The van der Waals surface area contributed by atoms with Crippen LogP contribution in [0.1, 0.15) is 41.3 Å². The van der Waals surface area contributed by atoms with Gasteiger partial charge < -0.3 is 9.15 Å². The van der Waals surface area contributed by atoms with E-state index in [1.165, 1.54) is 0 Å². The number of halogens is 1. The quantitative estimate of drug-likeness (QED) is 0.598. The summed E-state index contributed by atoms with van der Waals surface area (Å²) in [5.74, 6) is 2.60. The smallest absolute Gasteiger partial charge is 0.213 e. The predicted molar refractivity (Wildman–Crippen MR) is 101 cm³/mol. The SMILES string of the molecule is Cc1ccc(C2=NN3[C@H](C2)c2cc(Br)ccc2O[C@@H]3c2ccncc2)o1. The van der Waals surface area contributed by atoms with Gasteiger partial charge in [-0.2, -0.15) is 5.10 Å². The van der Waals surface area contributed by atoms with Gasteiger partial charge in [-0.25, -0.2) is 5.01 Å². The maximum atomic E-state index is 6.32. The Morgan fingerprint density at radius 1 is 1.12 bits per heavy atom. The van der Waals surface area contributed by atoms with Gasteiger partial charge >= 0.3 is 0 Å². The molecule has 0 unspecified atom stereocenters. The number of rotatable bonds is 2. The largest absolute Gasteiger partial charge is 0.464 e. The van der Waals surface area contributed by atoms with Crippen molar-refractivity contribution in [2.75, 3.05) is 0 Å². The summed E-state index contributed by atoms with van der Waals surface area (Å²) in [5, 5.41) is 6.91. The van der Waals surface area contributed by atoms with Crippen molar-refractivity contribution in [3.8, 4) is 5.75 Å². The molecule has 0 saturated heterocycles. The van der Waals surface area contributed by atoms with Crippen molar-refractivity contribution in [1.82, 2.24) is 9.99 Å². The molecule has 6 heteroatoms. The van der Waals surface area contributed by atoms with Crippen LogP contribution in [0.3, 0.4) is 0 Å². The van der Waals surface area contributed by atoms with Crippen LogP contribution in [0.5, 0.6) is 5.75 Å². The lowest BCUT2D eigenvalue weighted by atomic mass is 9.97. The summed E-state index contributed by atoms with van der Waals surface area (Å²) in [6, 6.07) is 14.1. The summed E-state index contributed by atoms with van der Waals surface area (Å²) in [6.45, 7) is 1.95. The molecule has 5 rings (SSSR count). The standard InChI is InChI=1S/C20H16BrN3O2/c1-12-2-4-19(25-12)16-11-17-15-10-14(21)3-5-18(15)26-20(24(17)23-16)13-6-8-22-9-7-13/h2-10,17,20H,11H2,1H3/t17-,20-/m1/s1. The van der Waals surface area contributed by atoms with Gasteiger partial charge in [0, 0.05) is 34.4 Å². The fourth-order valence-electron chi connectivity index (χ4n) is 3.54. The zero-order chi connectivity index (χ0) is 17.7. The summed E-state index contributed by atoms with van der Waals surface area (Å²) < 4.78 is 13.2. The van der Waals surface area contributed by atoms with Gasteiger partial charge in [0.2, 0.25) is 6.23 Å². The molecule has 1 aromatic carbocycles. The second-order valence-electron chi connectivity index (χ2n) is 6.49. The van der Waals surface area contributed by atoms with Crippen molar-refractivity contribution >= 4 is 21.6 Å². The van der Waals surface area contributed by atoms with Crippen molar-refractivity contribution in [3.05, 3.63) is 82.0 Å². The van der Waals surface area contributed by atoms with Crippen molar-refractivity contribution < 1.29 is 9.15 Å². The fraction of sp³-hybridized carbons (Fsp3) is 0.200. The zero-order valence-corrected chi connectivity index (χ0v) is 15.7. The molecule has 26 heavy (non-hydrogen) atoms. The maximum absolute atomic E-state index is 6.32. The Hall–Kier alpha value is -2.60. The number of nitrogens with zero attached hydrogens (tertiary/aromatic N) is 3. The van der Waals surface area contributed by atoms with E-state index in [-0.39, 0.29) is 12.3 Å². The minimum Gasteiger partial charge on any atom is -0.464 e. The minimum atomic E-state index is -0.287. The molecule has 0 saturated carbocycles. The molecule has 0 amide bonds. The normalized spacial score (nSPS) is 21.0. The molecule has 0 fully saturated rings. The van der Waals surface area contributed by atoms with Gasteiger partial charge in [0.1, 0.15) is 23.0 Å². The predicted octanol–water partition coefficient (Wildman–Crippen LogP) is 4.99. The highest BCUT2D eigenvalue weighted by Crippen LogP contribution is 2.48. The molecular formula is C20H16BrN3O2. The molecule has 0 radical (unpaired) electrons. The molecule has 2 aromatic heterocycles. The molecule has 2 aliphatic rings. The maximum Gasteiger partial charge on any atom is 0.213 e. The van der Waals surface area contributed by atoms with Crippen LogP contribution in [0, 0.1) is 6.92 Å². The molecule has 2 atom stereocenters. The molecule has 2 aliphatic heterocycles. The highest BCUT2D eigenvalue weighted by atomic mass is 79.9. The molecular weight excluding hydrogens is 394 g/mol. The first-order valence-corrected chi connectivity index (χ1v) is 9.27. The van der Waals surface area contributed by atoms with Crippen LogP contribution in [-0.4, -0.2) is 15.7 Å². The summed E-state index contributed by atoms with van der Waals surface area (Å²) >= 11 is 3.57. The van der Waals surface area contributed by atoms with E-state index in [4.69, 9.17) is 14.3 Å². The Kier molecular flexibility index (Phi) is 3.60. The Labute approximate surface area is 159 Å². The number of aryl methyl sites for hydroxylation is 1. The number of hydrazone groups is 1. The van der Waals surface area contributed by atoms with Crippen molar-refractivity contribution in [1.29, 1.82) is 0 Å². The van der Waals surface area contributed by atoms with E-state index < -0.39 is 0 Å². The van der Waals surface area contributed by atoms with Crippen LogP contribution in [0.25, 0.3) is 0 Å². The van der Waals surface area contributed by atoms with Crippen LogP contribution < -0.4 is 4.74 Å². The number of ether oxygens (including phenoxy) is 1. The van der Waals surface area contributed by atoms with Crippen LogP contribution in [0.2, 0.25) is 0 Å². The van der Waals surface area contributed by atoms with Crippen molar-refractivity contribution in [2.45, 2.75) is 25.6 Å². The number of fused-ring (bicyclic) bond motifs is 3. The van der Waals surface area contributed by atoms with E-state index in [1.807, 2.05) is 48.3 Å². The van der Waals surface area contributed by atoms with E-state index in [9.17, 15) is 0 Å². The monoisotopic (exact) mass is 409 g/mol. The van der Waals surface area contributed by atoms with Gasteiger partial charge in [-0.15, -0.1) is 0 Å². The van der Waals surface area contributed by atoms with E-state index in [0.29, 0.717) is 0 Å². The average Bonchev–Trinajstić information content (AvgIpc) is 3.28. The summed E-state index contributed by atoms with van der Waals surface area (Å²) in [6.07, 6.45) is 4.05. The van der Waals surface area contributed by atoms with Crippen molar-refractivity contribution in [3.63, 3.8) is 0 Å². The number of hydrogen-bond donors (Lipinski definition) is 0. The van der Waals surface area contributed by atoms with Gasteiger partial charge in [-0.05, 0) is 49.4 Å². The molecule has 0 bridgehead atoms. The first-order valence-electron chi connectivity index (χ1n) is 8.48. The Morgan fingerprint density at radius 2 is 1.96 bits per heavy atom. The average molecular weight is 410 g/mol. The zero-order valence-electron chi connectivity index (χ0n) is 14.1. The highest BCUT2D eigenvalue weighted by molar-refractivity contribution is 9.10. The van der Waals surface area contributed by atoms with Gasteiger partial charge in [0.15, 0.2) is 0 Å². The Morgan fingerprint density at radius 3 is 2.73 bits per heavy atom. The molecule has 0 N–H and O–H groups in total. The molecule has 0 aliphatic carbocycles. The van der Waals surface area contributed by atoms with Gasteiger partial charge in [0.05, 0.1) is 6.04 Å². The van der Waals surface area contributed by atoms with E-state index >= 15 is 0 Å². The lowest BCUT2D eigenvalue weighted by Crippen LogP contribution is -2.33. The van der Waals surface area contributed by atoms with Crippen LogP contribution in [0.4, 0.5) is 0 Å². The fourth-order valence-corrected chi connectivity index (χ4v) is 3.92. The summed E-state index contributed by atoms with van der Waals surface area (Å²) in [7, 11) is 0. The number of pyridine rings is 1. The molecule has 0 spiro atoms. The second-order valence-corrected chi connectivity index (χ2v) is 7.41. The van der Waals surface area contributed by atoms with Crippen LogP contribution >= 0.6 is 15.9 Å². The van der Waals surface area contributed by atoms with E-state index in [2.05, 4.69) is 27.0 Å². The minimum absolute atomic E-state index is 0.106. The Bertz CT molecular complexity index is 999. The van der Waals surface area contributed by atoms with E-state index in [0.717, 1.165) is 45.0 Å². The molecule has 4 heterocycles. The van der Waals surface area contributed by atoms with Crippen LogP contribution in [0.15, 0.2) is 68.8 Å². The lowest BCUT2D eigenvalue weighted by Gasteiger charge is -2.38. The van der Waals surface area contributed by atoms with E-state index in [1.54, 1.807) is 12.4 Å². The Balaban J connectivity index is 1.61. The summed E-state index contributed by atoms with van der Waals surface area (Å²) in [4.78, 5) is 4.12. The number of furan rings is 1. The second kappa shape index (κ2) is 5.99.